The van der Waals surface area contributed by atoms with Crippen molar-refractivity contribution in [3.05, 3.63) is 47.8 Å². The Kier molecular flexibility index (Phi) is 9.58. The number of hydrogen-bond donors (Lipinski definition) is 0. The SMILES string of the molecule is CCCCCC(=O)N1CCN(C(=O)CCCSc2nnc(-c3cccs3)n2-c2ccccc2)CC1C. The van der Waals surface area contributed by atoms with Gasteiger partial charge in [0.25, 0.3) is 0 Å². The molecule has 3 heterocycles. The molecule has 4 rings (SSSR count). The smallest absolute Gasteiger partial charge is 0.222 e. The van der Waals surface area contributed by atoms with Crippen LogP contribution in [0.4, 0.5) is 0 Å². The summed E-state index contributed by atoms with van der Waals surface area (Å²) in [5, 5.41) is 11.8. The van der Waals surface area contributed by atoms with E-state index in [0.29, 0.717) is 32.5 Å². The van der Waals surface area contributed by atoms with Crippen molar-refractivity contribution in [2.45, 2.75) is 63.6 Å². The number of nitrogens with zero attached hydrogens (tertiary/aromatic N) is 5. The molecule has 1 aliphatic heterocycles. The lowest BCUT2D eigenvalue weighted by Crippen LogP contribution is -2.55. The molecule has 1 aliphatic rings. The largest absolute Gasteiger partial charge is 0.339 e. The molecule has 0 spiro atoms. The van der Waals surface area contributed by atoms with Gasteiger partial charge in [-0.3, -0.25) is 14.2 Å². The summed E-state index contributed by atoms with van der Waals surface area (Å²) in [4.78, 5) is 30.3. The van der Waals surface area contributed by atoms with E-state index in [0.717, 1.165) is 53.0 Å². The molecule has 0 radical (unpaired) electrons. The lowest BCUT2D eigenvalue weighted by atomic mass is 10.1. The Hall–Kier alpha value is -2.65. The molecule has 36 heavy (non-hydrogen) atoms. The van der Waals surface area contributed by atoms with Crippen LogP contribution < -0.4 is 0 Å². The molecule has 1 aromatic carbocycles. The van der Waals surface area contributed by atoms with Crippen LogP contribution in [0.2, 0.25) is 0 Å². The minimum atomic E-state index is 0.0753. The maximum absolute atomic E-state index is 12.9. The Morgan fingerprint density at radius 2 is 1.81 bits per heavy atom. The molecule has 1 unspecified atom stereocenters. The summed E-state index contributed by atoms with van der Waals surface area (Å²) in [5.74, 6) is 2.02. The molecule has 1 saturated heterocycles. The van der Waals surface area contributed by atoms with Gasteiger partial charge >= 0.3 is 0 Å². The minimum absolute atomic E-state index is 0.0753. The van der Waals surface area contributed by atoms with Gasteiger partial charge in [0.2, 0.25) is 11.8 Å². The van der Waals surface area contributed by atoms with E-state index >= 15 is 0 Å². The van der Waals surface area contributed by atoms with Crippen LogP contribution in [0.1, 0.15) is 52.4 Å². The molecule has 3 aromatic rings. The zero-order valence-corrected chi connectivity index (χ0v) is 22.8. The summed E-state index contributed by atoms with van der Waals surface area (Å²) < 4.78 is 2.09. The van der Waals surface area contributed by atoms with Crippen LogP contribution >= 0.6 is 23.1 Å². The average Bonchev–Trinajstić information content (AvgIpc) is 3.57. The molecule has 9 heteroatoms. The second kappa shape index (κ2) is 13.1. The summed E-state index contributed by atoms with van der Waals surface area (Å²) in [5.41, 5.74) is 1.03. The van der Waals surface area contributed by atoms with Crippen molar-refractivity contribution in [1.29, 1.82) is 0 Å². The van der Waals surface area contributed by atoms with E-state index in [2.05, 4.69) is 46.8 Å². The predicted octanol–water partition coefficient (Wildman–Crippen LogP) is 5.51. The predicted molar refractivity (Wildman–Crippen MR) is 147 cm³/mol. The molecule has 0 N–H and O–H groups in total. The number of benzene rings is 1. The number of thiophene rings is 1. The highest BCUT2D eigenvalue weighted by atomic mass is 32.2. The van der Waals surface area contributed by atoms with Crippen LogP contribution in [0, 0.1) is 0 Å². The van der Waals surface area contributed by atoms with Crippen LogP contribution in [-0.2, 0) is 9.59 Å². The number of unbranched alkanes of at least 4 members (excludes halogenated alkanes) is 2. The van der Waals surface area contributed by atoms with Crippen molar-refractivity contribution < 1.29 is 9.59 Å². The molecule has 192 valence electrons. The third kappa shape index (κ3) is 6.56. The fourth-order valence-corrected chi connectivity index (χ4v) is 6.10. The molecular formula is C27H35N5O2S2. The quantitative estimate of drug-likeness (QED) is 0.244. The third-order valence-corrected chi connectivity index (χ3v) is 8.33. The fourth-order valence-electron chi connectivity index (χ4n) is 4.51. The van der Waals surface area contributed by atoms with E-state index in [1.54, 1.807) is 23.1 Å². The van der Waals surface area contributed by atoms with E-state index < -0.39 is 0 Å². The highest BCUT2D eigenvalue weighted by Crippen LogP contribution is 2.30. The van der Waals surface area contributed by atoms with Gasteiger partial charge in [-0.15, -0.1) is 21.5 Å². The first-order valence-corrected chi connectivity index (χ1v) is 14.7. The molecule has 1 fully saturated rings. The van der Waals surface area contributed by atoms with Crippen LogP contribution in [0.3, 0.4) is 0 Å². The molecule has 0 saturated carbocycles. The monoisotopic (exact) mass is 525 g/mol. The van der Waals surface area contributed by atoms with Gasteiger partial charge in [-0.2, -0.15) is 0 Å². The average molecular weight is 526 g/mol. The molecule has 0 aliphatic carbocycles. The zero-order valence-electron chi connectivity index (χ0n) is 21.1. The Balaban J connectivity index is 1.28. The van der Waals surface area contributed by atoms with E-state index in [-0.39, 0.29) is 17.9 Å². The van der Waals surface area contributed by atoms with E-state index in [1.165, 1.54) is 0 Å². The Morgan fingerprint density at radius 1 is 1.00 bits per heavy atom. The Bertz CT molecular complexity index is 1120. The molecular weight excluding hydrogens is 490 g/mol. The highest BCUT2D eigenvalue weighted by molar-refractivity contribution is 7.99. The maximum Gasteiger partial charge on any atom is 0.222 e. The van der Waals surface area contributed by atoms with Gasteiger partial charge in [0, 0.05) is 50.0 Å². The number of hydrogen-bond acceptors (Lipinski definition) is 6. The number of thioether (sulfide) groups is 1. The Labute approximate surface area is 221 Å². The lowest BCUT2D eigenvalue weighted by Gasteiger charge is -2.40. The molecule has 0 bridgehead atoms. The number of para-hydroxylation sites is 1. The van der Waals surface area contributed by atoms with E-state index in [9.17, 15) is 9.59 Å². The van der Waals surface area contributed by atoms with Gasteiger partial charge in [0.05, 0.1) is 4.88 Å². The van der Waals surface area contributed by atoms with Gasteiger partial charge in [-0.1, -0.05) is 55.8 Å². The second-order valence-corrected chi connectivity index (χ2v) is 11.1. The normalized spacial score (nSPS) is 15.9. The molecule has 2 aromatic heterocycles. The van der Waals surface area contributed by atoms with Gasteiger partial charge in [-0.05, 0) is 43.3 Å². The summed E-state index contributed by atoms with van der Waals surface area (Å²) in [6.07, 6.45) is 5.04. The second-order valence-electron chi connectivity index (χ2n) is 9.14. The topological polar surface area (TPSA) is 71.3 Å². The van der Waals surface area contributed by atoms with Crippen LogP contribution in [0.15, 0.2) is 53.0 Å². The van der Waals surface area contributed by atoms with Gasteiger partial charge in [0.1, 0.15) is 0 Å². The van der Waals surface area contributed by atoms with Crippen molar-refractivity contribution >= 4 is 34.9 Å². The highest BCUT2D eigenvalue weighted by Gasteiger charge is 2.29. The van der Waals surface area contributed by atoms with Crippen molar-refractivity contribution in [2.75, 3.05) is 25.4 Å². The zero-order chi connectivity index (χ0) is 25.3. The molecule has 2 amide bonds. The van der Waals surface area contributed by atoms with E-state index in [1.807, 2.05) is 39.4 Å². The number of amides is 2. The summed E-state index contributed by atoms with van der Waals surface area (Å²) in [6.45, 7) is 6.08. The first-order valence-electron chi connectivity index (χ1n) is 12.8. The molecule has 7 nitrogen and oxygen atoms in total. The lowest BCUT2D eigenvalue weighted by molar-refractivity contribution is -0.142. The van der Waals surface area contributed by atoms with Gasteiger partial charge < -0.3 is 9.80 Å². The number of rotatable bonds is 11. The number of carbonyl (C=O) groups is 2. The summed E-state index contributed by atoms with van der Waals surface area (Å²) in [7, 11) is 0. The molecule has 1 atom stereocenters. The summed E-state index contributed by atoms with van der Waals surface area (Å²) in [6, 6.07) is 14.3. The Morgan fingerprint density at radius 3 is 2.53 bits per heavy atom. The number of aromatic nitrogens is 3. The van der Waals surface area contributed by atoms with Crippen LogP contribution in [0.5, 0.6) is 0 Å². The van der Waals surface area contributed by atoms with Crippen LogP contribution in [0.25, 0.3) is 16.4 Å². The van der Waals surface area contributed by atoms with Gasteiger partial charge in [-0.25, -0.2) is 0 Å². The fraction of sp³-hybridized carbons (Fsp3) is 0.481. The minimum Gasteiger partial charge on any atom is -0.339 e. The third-order valence-electron chi connectivity index (χ3n) is 6.45. The van der Waals surface area contributed by atoms with Crippen molar-refractivity contribution in [3.63, 3.8) is 0 Å². The van der Waals surface area contributed by atoms with Crippen molar-refractivity contribution in [2.24, 2.45) is 0 Å². The first kappa shape index (κ1) is 26.4. The first-order chi connectivity index (χ1) is 17.6. The van der Waals surface area contributed by atoms with Crippen molar-refractivity contribution in [3.8, 4) is 16.4 Å². The van der Waals surface area contributed by atoms with E-state index in [4.69, 9.17) is 0 Å². The number of piperazine rings is 1. The van der Waals surface area contributed by atoms with Crippen molar-refractivity contribution in [1.82, 2.24) is 24.6 Å². The summed E-state index contributed by atoms with van der Waals surface area (Å²) >= 11 is 3.28. The number of carbonyl (C=O) groups excluding carboxylic acids is 2. The standard InChI is InChI=1S/C27H35N5O2S2/c1-3-4-6-14-25(34)31-17-16-30(20-21(31)2)24(33)15-10-19-36-27-29-28-26(23-13-9-18-35-23)32(27)22-11-7-5-8-12-22/h5,7-9,11-13,18,21H,3-4,6,10,14-17,19-20H2,1-2H3. The maximum atomic E-state index is 12.9. The van der Waals surface area contributed by atoms with Crippen LogP contribution in [-0.4, -0.2) is 67.8 Å². The van der Waals surface area contributed by atoms with Gasteiger partial charge in [0.15, 0.2) is 11.0 Å².